The Balaban J connectivity index is 0.00000144. The second-order valence-corrected chi connectivity index (χ2v) is 6.62. The molecule has 2 aliphatic rings. The minimum atomic E-state index is 0. The van der Waals surface area contributed by atoms with E-state index in [1.807, 2.05) is 11.0 Å². The molecule has 6 heteroatoms. The van der Waals surface area contributed by atoms with Crippen molar-refractivity contribution in [2.75, 3.05) is 31.1 Å². The maximum Gasteiger partial charge on any atom is 0.223 e. The van der Waals surface area contributed by atoms with Crippen LogP contribution < -0.4 is 10.6 Å². The molecule has 0 spiro atoms. The van der Waals surface area contributed by atoms with E-state index in [0.717, 1.165) is 39.0 Å². The smallest absolute Gasteiger partial charge is 0.223 e. The summed E-state index contributed by atoms with van der Waals surface area (Å²) in [6.45, 7) is 3.50. The number of piperazine rings is 1. The molecule has 3 rings (SSSR count). The predicted molar refractivity (Wildman–Crippen MR) is 104 cm³/mol. The summed E-state index contributed by atoms with van der Waals surface area (Å²) in [4.78, 5) is 16.9. The lowest BCUT2D eigenvalue weighted by Gasteiger charge is -2.37. The molecule has 1 amide bonds. The standard InChI is InChI=1S/C18H27N3O.2ClH/c19-17-9-5-4-6-15(17)14-18(22)21-12-10-20(11-13-21)16-7-2-1-3-8-16;;/h1-3,7-8,15,17H,4-6,9-14,19H2;2*1H. The molecule has 0 aromatic heterocycles. The van der Waals surface area contributed by atoms with E-state index in [2.05, 4.69) is 29.2 Å². The van der Waals surface area contributed by atoms with Crippen molar-refractivity contribution < 1.29 is 4.79 Å². The molecule has 2 atom stereocenters. The summed E-state index contributed by atoms with van der Waals surface area (Å²) >= 11 is 0. The molecule has 1 aliphatic carbocycles. The van der Waals surface area contributed by atoms with Crippen LogP contribution >= 0.6 is 24.8 Å². The van der Waals surface area contributed by atoms with Gasteiger partial charge in [0.25, 0.3) is 0 Å². The van der Waals surface area contributed by atoms with Gasteiger partial charge in [0.05, 0.1) is 0 Å². The summed E-state index contributed by atoms with van der Waals surface area (Å²) in [5.74, 6) is 0.698. The van der Waals surface area contributed by atoms with Gasteiger partial charge >= 0.3 is 0 Å². The van der Waals surface area contributed by atoms with Crippen molar-refractivity contribution in [1.29, 1.82) is 0 Å². The summed E-state index contributed by atoms with van der Waals surface area (Å²) in [5.41, 5.74) is 7.43. The predicted octanol–water partition coefficient (Wildman–Crippen LogP) is 3.09. The normalized spacial score (nSPS) is 23.9. The fourth-order valence-corrected chi connectivity index (χ4v) is 3.70. The molecule has 2 fully saturated rings. The molecule has 1 aromatic rings. The highest BCUT2D eigenvalue weighted by molar-refractivity contribution is 5.85. The molecule has 1 saturated heterocycles. The number of carbonyl (C=O) groups excluding carboxylic acids is 1. The van der Waals surface area contributed by atoms with Gasteiger partial charge < -0.3 is 15.5 Å². The molecule has 2 unspecified atom stereocenters. The second kappa shape index (κ2) is 10.1. The molecule has 136 valence electrons. The molecular formula is C18H29Cl2N3O. The number of anilines is 1. The van der Waals surface area contributed by atoms with Crippen molar-refractivity contribution in [2.24, 2.45) is 11.7 Å². The number of hydrogen-bond donors (Lipinski definition) is 1. The van der Waals surface area contributed by atoms with E-state index in [1.54, 1.807) is 0 Å². The third kappa shape index (κ3) is 5.27. The Kier molecular flexibility index (Phi) is 8.88. The molecule has 1 heterocycles. The first-order valence-corrected chi connectivity index (χ1v) is 8.57. The molecule has 1 aliphatic heterocycles. The zero-order valence-electron chi connectivity index (χ0n) is 14.1. The van der Waals surface area contributed by atoms with Crippen LogP contribution in [-0.2, 0) is 4.79 Å². The molecule has 0 bridgehead atoms. The summed E-state index contributed by atoms with van der Waals surface area (Å²) in [6.07, 6.45) is 5.30. The van der Waals surface area contributed by atoms with E-state index in [1.165, 1.54) is 18.5 Å². The van der Waals surface area contributed by atoms with Gasteiger partial charge in [-0.1, -0.05) is 31.0 Å². The highest BCUT2D eigenvalue weighted by Crippen LogP contribution is 2.26. The minimum absolute atomic E-state index is 0. The maximum absolute atomic E-state index is 12.5. The van der Waals surface area contributed by atoms with E-state index < -0.39 is 0 Å². The first-order chi connectivity index (χ1) is 10.7. The summed E-state index contributed by atoms with van der Waals surface area (Å²) in [6, 6.07) is 10.7. The van der Waals surface area contributed by atoms with Crippen molar-refractivity contribution in [2.45, 2.75) is 38.1 Å². The van der Waals surface area contributed by atoms with Gasteiger partial charge in [-0.15, -0.1) is 24.8 Å². The number of hydrogen-bond acceptors (Lipinski definition) is 3. The van der Waals surface area contributed by atoms with E-state index in [9.17, 15) is 4.79 Å². The van der Waals surface area contributed by atoms with Crippen LogP contribution in [-0.4, -0.2) is 43.0 Å². The Labute approximate surface area is 157 Å². The fourth-order valence-electron chi connectivity index (χ4n) is 3.70. The number of amides is 1. The zero-order valence-corrected chi connectivity index (χ0v) is 15.7. The molecule has 1 aromatic carbocycles. The number of nitrogens with two attached hydrogens (primary N) is 1. The minimum Gasteiger partial charge on any atom is -0.368 e. The first kappa shape index (κ1) is 21.1. The molecule has 24 heavy (non-hydrogen) atoms. The van der Waals surface area contributed by atoms with Crippen molar-refractivity contribution in [3.05, 3.63) is 30.3 Å². The quantitative estimate of drug-likeness (QED) is 0.885. The number of nitrogens with zero attached hydrogens (tertiary/aromatic N) is 2. The van der Waals surface area contributed by atoms with Crippen molar-refractivity contribution >= 4 is 36.4 Å². The van der Waals surface area contributed by atoms with Gasteiger partial charge in [-0.05, 0) is 30.9 Å². The van der Waals surface area contributed by atoms with Crippen LogP contribution in [0.1, 0.15) is 32.1 Å². The molecule has 4 nitrogen and oxygen atoms in total. The van der Waals surface area contributed by atoms with Crippen LogP contribution in [0.5, 0.6) is 0 Å². The van der Waals surface area contributed by atoms with Crippen LogP contribution in [0.3, 0.4) is 0 Å². The number of halogens is 2. The maximum atomic E-state index is 12.5. The Morgan fingerprint density at radius 3 is 2.25 bits per heavy atom. The average Bonchev–Trinajstić information content (AvgIpc) is 2.58. The van der Waals surface area contributed by atoms with Crippen LogP contribution in [0.2, 0.25) is 0 Å². The number of carbonyl (C=O) groups is 1. The molecule has 2 N–H and O–H groups in total. The van der Waals surface area contributed by atoms with E-state index in [-0.39, 0.29) is 30.9 Å². The van der Waals surface area contributed by atoms with E-state index >= 15 is 0 Å². The van der Waals surface area contributed by atoms with Crippen LogP contribution in [0, 0.1) is 5.92 Å². The van der Waals surface area contributed by atoms with Gasteiger partial charge in [0.2, 0.25) is 5.91 Å². The highest BCUT2D eigenvalue weighted by Gasteiger charge is 2.28. The topological polar surface area (TPSA) is 49.6 Å². The van der Waals surface area contributed by atoms with Crippen LogP contribution in [0.15, 0.2) is 30.3 Å². The Morgan fingerprint density at radius 2 is 1.62 bits per heavy atom. The molecule has 1 saturated carbocycles. The van der Waals surface area contributed by atoms with Crippen molar-refractivity contribution in [1.82, 2.24) is 4.90 Å². The Hall–Kier alpha value is -0.970. The van der Waals surface area contributed by atoms with Gasteiger partial charge in [0.1, 0.15) is 0 Å². The summed E-state index contributed by atoms with van der Waals surface area (Å²) in [5, 5.41) is 0. The third-order valence-electron chi connectivity index (χ3n) is 5.16. The van der Waals surface area contributed by atoms with E-state index in [4.69, 9.17) is 5.73 Å². The van der Waals surface area contributed by atoms with Gasteiger partial charge in [-0.2, -0.15) is 0 Å². The van der Waals surface area contributed by atoms with Crippen LogP contribution in [0.4, 0.5) is 5.69 Å². The van der Waals surface area contributed by atoms with Crippen LogP contribution in [0.25, 0.3) is 0 Å². The average molecular weight is 374 g/mol. The monoisotopic (exact) mass is 373 g/mol. The van der Waals surface area contributed by atoms with E-state index in [0.29, 0.717) is 18.2 Å². The Morgan fingerprint density at radius 1 is 1.00 bits per heavy atom. The third-order valence-corrected chi connectivity index (χ3v) is 5.16. The lowest BCUT2D eigenvalue weighted by molar-refractivity contribution is -0.132. The lowest BCUT2D eigenvalue weighted by Crippen LogP contribution is -2.49. The number of benzene rings is 1. The zero-order chi connectivity index (χ0) is 15.4. The lowest BCUT2D eigenvalue weighted by atomic mass is 9.82. The molecule has 0 radical (unpaired) electrons. The number of rotatable bonds is 3. The number of para-hydroxylation sites is 1. The van der Waals surface area contributed by atoms with Crippen molar-refractivity contribution in [3.8, 4) is 0 Å². The van der Waals surface area contributed by atoms with Gasteiger partial charge in [-0.25, -0.2) is 0 Å². The fraction of sp³-hybridized carbons (Fsp3) is 0.611. The SMILES string of the molecule is Cl.Cl.NC1CCCCC1CC(=O)N1CCN(c2ccccc2)CC1. The van der Waals surface area contributed by atoms with Crippen molar-refractivity contribution in [3.63, 3.8) is 0 Å². The Bertz CT molecular complexity index is 492. The summed E-state index contributed by atoms with van der Waals surface area (Å²) in [7, 11) is 0. The van der Waals surface area contributed by atoms with Gasteiger partial charge in [-0.3, -0.25) is 4.79 Å². The first-order valence-electron chi connectivity index (χ1n) is 8.57. The molecular weight excluding hydrogens is 345 g/mol. The van der Waals surface area contributed by atoms with Gasteiger partial charge in [0, 0.05) is 44.3 Å². The van der Waals surface area contributed by atoms with Gasteiger partial charge in [0.15, 0.2) is 0 Å². The largest absolute Gasteiger partial charge is 0.368 e. The second-order valence-electron chi connectivity index (χ2n) is 6.62. The highest BCUT2D eigenvalue weighted by atomic mass is 35.5. The summed E-state index contributed by atoms with van der Waals surface area (Å²) < 4.78 is 0.